The van der Waals surface area contributed by atoms with Crippen molar-refractivity contribution >= 4 is 50.6 Å². The molecule has 0 aromatic carbocycles. The number of nitrogens with zero attached hydrogens (tertiary/aromatic N) is 3. The molecule has 3 aliphatic rings. The number of nitrogens with two attached hydrogens (primary N) is 1. The van der Waals surface area contributed by atoms with Crippen molar-refractivity contribution in [1.82, 2.24) is 15.3 Å². The van der Waals surface area contributed by atoms with Gasteiger partial charge in [-0.15, -0.1) is 11.3 Å². The summed E-state index contributed by atoms with van der Waals surface area (Å²) < 4.78 is 6.04. The Kier molecular flexibility index (Phi) is 5.57. The number of hydrogen-bond donors (Lipinski definition) is 3. The Balaban J connectivity index is 1.33. The lowest BCUT2D eigenvalue weighted by atomic mass is 10.1. The second-order valence-electron chi connectivity index (χ2n) is 9.66. The number of ether oxygens (including phenoxy) is 1. The summed E-state index contributed by atoms with van der Waals surface area (Å²) in [7, 11) is 0. The summed E-state index contributed by atoms with van der Waals surface area (Å²) in [5.41, 5.74) is 8.74. The number of carbonyl (C=O) groups is 2. The van der Waals surface area contributed by atoms with Crippen molar-refractivity contribution in [2.45, 2.75) is 70.1 Å². The quantitative estimate of drug-likeness (QED) is 0.478. The molecule has 0 spiro atoms. The van der Waals surface area contributed by atoms with E-state index >= 15 is 0 Å². The molecule has 2 aliphatic carbocycles. The third-order valence-electron chi connectivity index (χ3n) is 7.15. The molecule has 3 amide bonds. The molecule has 9 nitrogen and oxygen atoms in total. The first-order chi connectivity index (χ1) is 17.0. The van der Waals surface area contributed by atoms with E-state index in [1.165, 1.54) is 24.2 Å². The summed E-state index contributed by atoms with van der Waals surface area (Å²) in [5.74, 6) is 0.380. The van der Waals surface area contributed by atoms with E-state index in [2.05, 4.69) is 20.6 Å². The van der Waals surface area contributed by atoms with Gasteiger partial charge in [-0.3, -0.25) is 9.69 Å². The zero-order valence-electron chi connectivity index (χ0n) is 19.5. The van der Waals surface area contributed by atoms with Crippen LogP contribution in [0.15, 0.2) is 24.5 Å². The van der Waals surface area contributed by atoms with Crippen molar-refractivity contribution in [2.75, 3.05) is 10.2 Å². The van der Waals surface area contributed by atoms with Gasteiger partial charge < -0.3 is 21.1 Å². The number of pyridine rings is 2. The van der Waals surface area contributed by atoms with E-state index in [9.17, 15) is 9.59 Å². The summed E-state index contributed by atoms with van der Waals surface area (Å²) in [6.45, 7) is 1.94. The smallest absolute Gasteiger partial charge is 0.331 e. The fraction of sp³-hybridized carbons (Fsp3) is 0.440. The standard InChI is InChI=1S/C25H28N6O3S/c1-13-10-19(34-16-4-2-3-5-16)28-12-18(13)31-17-8-9-27-24-20(17)21(30-25(31)33)22(35-24)23(32)29-15-7-6-14(26)11-15/h8-10,12,14-16H,2-7,11,26H2,1H3,(H,29,32)(H,30,33)/t14-,15+/m0/s1. The monoisotopic (exact) mass is 492 g/mol. The van der Waals surface area contributed by atoms with Gasteiger partial charge in [-0.2, -0.15) is 0 Å². The maximum atomic E-state index is 13.4. The third-order valence-corrected chi connectivity index (χ3v) is 8.25. The zero-order valence-corrected chi connectivity index (χ0v) is 20.4. The van der Waals surface area contributed by atoms with Gasteiger partial charge in [0.1, 0.15) is 15.8 Å². The highest BCUT2D eigenvalue weighted by Gasteiger charge is 2.34. The van der Waals surface area contributed by atoms with Gasteiger partial charge in [0.05, 0.1) is 28.6 Å². The van der Waals surface area contributed by atoms with E-state index in [1.807, 2.05) is 13.0 Å². The number of urea groups is 1. The van der Waals surface area contributed by atoms with Gasteiger partial charge in [0.15, 0.2) is 0 Å². The second kappa shape index (κ2) is 8.76. The molecule has 2 saturated carbocycles. The average Bonchev–Trinajstić information content (AvgIpc) is 3.57. The maximum absolute atomic E-state index is 13.4. The van der Waals surface area contributed by atoms with Gasteiger partial charge in [-0.25, -0.2) is 14.8 Å². The van der Waals surface area contributed by atoms with E-state index in [1.54, 1.807) is 23.4 Å². The Morgan fingerprint density at radius 2 is 2.06 bits per heavy atom. The molecule has 0 radical (unpaired) electrons. The summed E-state index contributed by atoms with van der Waals surface area (Å²) in [5, 5.41) is 6.79. The van der Waals surface area contributed by atoms with Crippen molar-refractivity contribution in [3.8, 4) is 5.88 Å². The summed E-state index contributed by atoms with van der Waals surface area (Å²) in [6, 6.07) is 3.52. The topological polar surface area (TPSA) is 122 Å². The molecule has 2 fully saturated rings. The van der Waals surface area contributed by atoms with Crippen molar-refractivity contribution in [1.29, 1.82) is 0 Å². The molecule has 0 saturated heterocycles. The highest BCUT2D eigenvalue weighted by Crippen LogP contribution is 2.46. The molecule has 0 unspecified atom stereocenters. The molecule has 6 rings (SSSR count). The Hall–Kier alpha value is -3.24. The van der Waals surface area contributed by atoms with Crippen LogP contribution >= 0.6 is 11.3 Å². The Morgan fingerprint density at radius 3 is 2.80 bits per heavy atom. The number of aromatic nitrogens is 2. The Bertz CT molecular complexity index is 1320. The minimum atomic E-state index is -0.338. The van der Waals surface area contributed by atoms with Crippen molar-refractivity contribution in [3.63, 3.8) is 0 Å². The molecule has 3 aromatic heterocycles. The van der Waals surface area contributed by atoms with E-state index in [0.29, 0.717) is 32.6 Å². The number of aryl methyl sites for hydroxylation is 1. The predicted octanol–water partition coefficient (Wildman–Crippen LogP) is 4.61. The fourth-order valence-corrected chi connectivity index (χ4v) is 6.40. The van der Waals surface area contributed by atoms with Gasteiger partial charge in [0.2, 0.25) is 5.88 Å². The summed E-state index contributed by atoms with van der Waals surface area (Å²) in [6.07, 6.45) is 10.6. The molecule has 2 atom stereocenters. The fourth-order valence-electron chi connectivity index (χ4n) is 5.38. The predicted molar refractivity (Wildman–Crippen MR) is 136 cm³/mol. The van der Waals surface area contributed by atoms with Crippen LogP contribution < -0.4 is 26.0 Å². The maximum Gasteiger partial charge on any atom is 0.331 e. The van der Waals surface area contributed by atoms with Crippen LogP contribution in [0.25, 0.3) is 10.2 Å². The van der Waals surface area contributed by atoms with E-state index in [4.69, 9.17) is 10.5 Å². The number of rotatable bonds is 5. The largest absolute Gasteiger partial charge is 0.474 e. The summed E-state index contributed by atoms with van der Waals surface area (Å²) >= 11 is 1.29. The minimum Gasteiger partial charge on any atom is -0.474 e. The molecule has 182 valence electrons. The van der Waals surface area contributed by atoms with Gasteiger partial charge in [0.25, 0.3) is 5.91 Å². The van der Waals surface area contributed by atoms with Crippen LogP contribution in [0.1, 0.15) is 60.2 Å². The lowest BCUT2D eigenvalue weighted by Crippen LogP contribution is -2.36. The molecule has 3 aromatic rings. The number of nitrogens with one attached hydrogen (secondary N) is 2. The van der Waals surface area contributed by atoms with E-state index in [-0.39, 0.29) is 30.1 Å². The normalized spacial score (nSPS) is 22.0. The van der Waals surface area contributed by atoms with Crippen LogP contribution in [-0.4, -0.2) is 40.1 Å². The molecule has 4 heterocycles. The van der Waals surface area contributed by atoms with Crippen molar-refractivity contribution in [3.05, 3.63) is 35.0 Å². The lowest BCUT2D eigenvalue weighted by molar-refractivity contribution is 0.0942. The van der Waals surface area contributed by atoms with Crippen molar-refractivity contribution < 1.29 is 14.3 Å². The number of anilines is 3. The first kappa shape index (κ1) is 22.2. The summed E-state index contributed by atoms with van der Waals surface area (Å²) in [4.78, 5) is 38.2. The average molecular weight is 493 g/mol. The van der Waals surface area contributed by atoms with Gasteiger partial charge in [0, 0.05) is 24.3 Å². The lowest BCUT2D eigenvalue weighted by Gasteiger charge is -2.29. The van der Waals surface area contributed by atoms with E-state index in [0.717, 1.165) is 43.1 Å². The molecule has 10 heteroatoms. The first-order valence-electron chi connectivity index (χ1n) is 12.2. The van der Waals surface area contributed by atoms with Crippen LogP contribution in [0, 0.1) is 6.92 Å². The van der Waals surface area contributed by atoms with Crippen LogP contribution in [-0.2, 0) is 0 Å². The SMILES string of the molecule is Cc1cc(OC2CCCC2)ncc1N1C(=O)Nc2c(C(=O)N[C@@H]3CC[C@H](N)C3)sc3nccc1c23. The van der Waals surface area contributed by atoms with Crippen LogP contribution in [0.5, 0.6) is 5.88 Å². The molecule has 0 bridgehead atoms. The molecular formula is C25H28N6O3S. The van der Waals surface area contributed by atoms with Crippen molar-refractivity contribution in [2.24, 2.45) is 5.73 Å². The van der Waals surface area contributed by atoms with Crippen LogP contribution in [0.3, 0.4) is 0 Å². The molecule has 4 N–H and O–H groups in total. The third kappa shape index (κ3) is 4.00. The number of carbonyl (C=O) groups excluding carboxylic acids is 2. The second-order valence-corrected chi connectivity index (χ2v) is 10.7. The highest BCUT2D eigenvalue weighted by molar-refractivity contribution is 7.21. The molecule has 35 heavy (non-hydrogen) atoms. The van der Waals surface area contributed by atoms with Gasteiger partial charge >= 0.3 is 6.03 Å². The highest BCUT2D eigenvalue weighted by atomic mass is 32.1. The van der Waals surface area contributed by atoms with E-state index < -0.39 is 0 Å². The van der Waals surface area contributed by atoms with Crippen LogP contribution in [0.4, 0.5) is 21.9 Å². The molecular weight excluding hydrogens is 464 g/mol. The zero-order chi connectivity index (χ0) is 24.1. The number of amides is 3. The first-order valence-corrected chi connectivity index (χ1v) is 13.0. The van der Waals surface area contributed by atoms with Gasteiger partial charge in [-0.05, 0) is 63.5 Å². The van der Waals surface area contributed by atoms with Crippen LogP contribution in [0.2, 0.25) is 0 Å². The number of thiophene rings is 1. The number of hydrogen-bond acceptors (Lipinski definition) is 7. The van der Waals surface area contributed by atoms with Gasteiger partial charge in [-0.1, -0.05) is 0 Å². The molecule has 1 aliphatic heterocycles. The Morgan fingerprint density at radius 1 is 1.23 bits per heavy atom. The minimum absolute atomic E-state index is 0.0526. The Labute approximate surface area is 207 Å².